The summed E-state index contributed by atoms with van der Waals surface area (Å²) in [5.41, 5.74) is 12.6. The molecule has 4 heteroatoms. The summed E-state index contributed by atoms with van der Waals surface area (Å²) >= 11 is 0. The largest absolute Gasteiger partial charge is 0.457 e. The van der Waals surface area contributed by atoms with Gasteiger partial charge in [-0.05, 0) is 122 Å². The number of aromatic nitrogens is 2. The Bertz CT molecular complexity index is 2470. The lowest BCUT2D eigenvalue weighted by atomic mass is 9.62. The molecule has 0 unspecified atom stereocenters. The highest BCUT2D eigenvalue weighted by atomic mass is 16.5. The summed E-state index contributed by atoms with van der Waals surface area (Å²) in [5, 5.41) is 0. The molecule has 0 aliphatic carbocycles. The van der Waals surface area contributed by atoms with Crippen LogP contribution < -0.4 is 9.64 Å². The Morgan fingerprint density at radius 2 is 1.02 bits per heavy atom. The van der Waals surface area contributed by atoms with Gasteiger partial charge in [-0.2, -0.15) is 0 Å². The van der Waals surface area contributed by atoms with Gasteiger partial charge in [-0.3, -0.25) is 9.97 Å². The van der Waals surface area contributed by atoms with Crippen molar-refractivity contribution in [3.63, 3.8) is 0 Å². The zero-order valence-corrected chi connectivity index (χ0v) is 34.8. The fourth-order valence-corrected chi connectivity index (χ4v) is 8.16. The summed E-state index contributed by atoms with van der Waals surface area (Å²) < 4.78 is 6.76. The molecule has 1 aliphatic heterocycles. The summed E-state index contributed by atoms with van der Waals surface area (Å²) in [5.74, 6) is 1.50. The molecule has 2 aromatic heterocycles. The van der Waals surface area contributed by atoms with Crippen molar-refractivity contribution >= 4 is 17.1 Å². The molecule has 0 N–H and O–H groups in total. The average molecular weight is 748 g/mol. The molecule has 57 heavy (non-hydrogen) atoms. The number of rotatable bonds is 6. The molecule has 8 rings (SSSR count). The van der Waals surface area contributed by atoms with E-state index in [0.29, 0.717) is 0 Å². The fraction of sp³-hybridized carbons (Fsp3) is 0.245. The van der Waals surface area contributed by atoms with Gasteiger partial charge in [0.25, 0.3) is 0 Å². The lowest BCUT2D eigenvalue weighted by Gasteiger charge is -2.47. The first-order valence-electron chi connectivity index (χ1n) is 20.1. The third-order valence-electron chi connectivity index (χ3n) is 11.4. The van der Waals surface area contributed by atoms with Crippen molar-refractivity contribution in [2.24, 2.45) is 0 Å². The number of fused-ring (bicyclic) bond motifs is 2. The molecule has 0 spiro atoms. The molecule has 4 nitrogen and oxygen atoms in total. The number of hydrogen-bond donors (Lipinski definition) is 0. The van der Waals surface area contributed by atoms with Crippen LogP contribution in [0.3, 0.4) is 0 Å². The third-order valence-corrected chi connectivity index (χ3v) is 11.4. The molecule has 0 radical (unpaired) electrons. The quantitative estimate of drug-likeness (QED) is 0.170. The molecule has 0 bridgehead atoms. The number of nitrogens with zero attached hydrogens (tertiary/aromatic N) is 3. The molecule has 0 fully saturated rings. The average Bonchev–Trinajstić information content (AvgIpc) is 3.19. The second kappa shape index (κ2) is 14.2. The van der Waals surface area contributed by atoms with E-state index in [1.807, 2.05) is 54.9 Å². The molecule has 7 aromatic rings. The molecule has 0 amide bonds. The van der Waals surface area contributed by atoms with Crippen LogP contribution in [0.5, 0.6) is 11.5 Å². The van der Waals surface area contributed by atoms with Gasteiger partial charge in [0, 0.05) is 23.6 Å². The molecule has 0 atom stereocenters. The Labute approximate surface area is 339 Å². The van der Waals surface area contributed by atoms with Crippen LogP contribution in [0.25, 0.3) is 11.3 Å². The van der Waals surface area contributed by atoms with Crippen molar-refractivity contribution in [1.82, 2.24) is 9.97 Å². The van der Waals surface area contributed by atoms with Crippen molar-refractivity contribution in [1.29, 1.82) is 0 Å². The van der Waals surface area contributed by atoms with E-state index in [9.17, 15) is 0 Å². The number of hydrogen-bond acceptors (Lipinski definition) is 4. The minimum atomic E-state index is -0.800. The molecule has 286 valence electrons. The van der Waals surface area contributed by atoms with E-state index in [0.717, 1.165) is 51.1 Å². The minimum Gasteiger partial charge on any atom is -0.457 e. The van der Waals surface area contributed by atoms with E-state index in [2.05, 4.69) is 175 Å². The monoisotopic (exact) mass is 747 g/mol. The van der Waals surface area contributed by atoms with Gasteiger partial charge in [0.1, 0.15) is 11.5 Å². The number of benzene rings is 5. The topological polar surface area (TPSA) is 38.2 Å². The second-order valence-electron chi connectivity index (χ2n) is 18.4. The summed E-state index contributed by atoms with van der Waals surface area (Å²) in [4.78, 5) is 12.3. The first-order valence-corrected chi connectivity index (χ1v) is 20.1. The highest BCUT2D eigenvalue weighted by molar-refractivity contribution is 5.90. The van der Waals surface area contributed by atoms with E-state index in [-0.39, 0.29) is 16.2 Å². The molecule has 0 saturated heterocycles. The molecule has 0 saturated carbocycles. The lowest BCUT2D eigenvalue weighted by Crippen LogP contribution is -2.39. The van der Waals surface area contributed by atoms with Gasteiger partial charge in [-0.1, -0.05) is 135 Å². The number of pyridine rings is 2. The predicted molar refractivity (Wildman–Crippen MR) is 237 cm³/mol. The fourth-order valence-electron chi connectivity index (χ4n) is 8.16. The van der Waals surface area contributed by atoms with Crippen LogP contribution in [-0.2, 0) is 21.7 Å². The van der Waals surface area contributed by atoms with Crippen LogP contribution in [0.4, 0.5) is 17.1 Å². The summed E-state index contributed by atoms with van der Waals surface area (Å²) in [6.45, 7) is 20.6. The maximum Gasteiger partial charge on any atom is 0.128 e. The van der Waals surface area contributed by atoms with Crippen molar-refractivity contribution < 1.29 is 4.74 Å². The Morgan fingerprint density at radius 1 is 0.474 bits per heavy atom. The number of anilines is 3. The van der Waals surface area contributed by atoms with Crippen LogP contribution in [0.1, 0.15) is 101 Å². The normalized spacial score (nSPS) is 13.8. The number of ether oxygens (including phenoxy) is 1. The van der Waals surface area contributed by atoms with Crippen molar-refractivity contribution in [3.05, 3.63) is 197 Å². The van der Waals surface area contributed by atoms with Crippen LogP contribution in [0, 0.1) is 0 Å². The highest BCUT2D eigenvalue weighted by Crippen LogP contribution is 2.59. The SMILES string of the molecule is CC(C)(C)c1ccc(N2c3ccc(C(C)(C)C)cc3C(c3cccc(Oc4cccc(-c5ccccn5)c4)c3)(c3ccccn3)c3cc(C(C)(C)C)ccc32)cc1. The van der Waals surface area contributed by atoms with Gasteiger partial charge in [-0.25, -0.2) is 0 Å². The van der Waals surface area contributed by atoms with E-state index < -0.39 is 5.41 Å². The Hall–Kier alpha value is -6.00. The molecular weight excluding hydrogens is 695 g/mol. The van der Waals surface area contributed by atoms with E-state index in [1.54, 1.807) is 0 Å². The summed E-state index contributed by atoms with van der Waals surface area (Å²) in [6.07, 6.45) is 3.75. The Balaban J connectivity index is 1.42. The highest BCUT2D eigenvalue weighted by Gasteiger charge is 2.48. The van der Waals surface area contributed by atoms with E-state index in [4.69, 9.17) is 9.72 Å². The maximum atomic E-state index is 6.76. The lowest BCUT2D eigenvalue weighted by molar-refractivity contribution is 0.481. The van der Waals surface area contributed by atoms with Gasteiger partial charge >= 0.3 is 0 Å². The van der Waals surface area contributed by atoms with Gasteiger partial charge in [-0.15, -0.1) is 0 Å². The van der Waals surface area contributed by atoms with Crippen molar-refractivity contribution in [3.8, 4) is 22.8 Å². The predicted octanol–water partition coefficient (Wildman–Crippen LogP) is 14.0. The van der Waals surface area contributed by atoms with Crippen molar-refractivity contribution in [2.45, 2.75) is 84.0 Å². The van der Waals surface area contributed by atoms with Crippen LogP contribution in [-0.4, -0.2) is 9.97 Å². The zero-order chi connectivity index (χ0) is 40.2. The smallest absolute Gasteiger partial charge is 0.128 e. The van der Waals surface area contributed by atoms with Crippen molar-refractivity contribution in [2.75, 3.05) is 4.90 Å². The minimum absolute atomic E-state index is 0.0421. The van der Waals surface area contributed by atoms with Gasteiger partial charge in [0.05, 0.1) is 28.2 Å². The molecular formula is C53H53N3O. The van der Waals surface area contributed by atoms with Gasteiger partial charge < -0.3 is 9.64 Å². The van der Waals surface area contributed by atoms with E-state index in [1.165, 1.54) is 27.8 Å². The summed E-state index contributed by atoms with van der Waals surface area (Å²) in [6, 6.07) is 52.4. The first-order chi connectivity index (χ1) is 27.1. The summed E-state index contributed by atoms with van der Waals surface area (Å²) in [7, 11) is 0. The van der Waals surface area contributed by atoms with Gasteiger partial charge in [0.15, 0.2) is 0 Å². The maximum absolute atomic E-state index is 6.76. The van der Waals surface area contributed by atoms with Crippen LogP contribution in [0.2, 0.25) is 0 Å². The standard InChI is InChI=1S/C53H53N3O/c1-50(2,3)37-22-26-41(27-23-37)56-47-28-24-38(51(4,5)6)34-44(47)53(49-21-11-13-31-55-49,45-35-39(52(7,8)9)25-29-48(45)56)40-17-15-19-43(33-40)57-42-18-14-16-36(32-42)46-20-10-12-30-54-46/h10-35H,1-9H3. The van der Waals surface area contributed by atoms with Gasteiger partial charge in [0.2, 0.25) is 0 Å². The molecule has 1 aliphatic rings. The first kappa shape index (κ1) is 37.9. The Morgan fingerprint density at radius 3 is 1.56 bits per heavy atom. The van der Waals surface area contributed by atoms with Crippen LogP contribution >= 0.6 is 0 Å². The van der Waals surface area contributed by atoms with E-state index >= 15 is 0 Å². The second-order valence-corrected chi connectivity index (χ2v) is 18.4. The zero-order valence-electron chi connectivity index (χ0n) is 34.8. The molecule has 3 heterocycles. The Kier molecular flexibility index (Phi) is 9.43. The van der Waals surface area contributed by atoms with Crippen LogP contribution in [0.15, 0.2) is 158 Å². The molecule has 5 aromatic carbocycles. The third kappa shape index (κ3) is 7.03.